The molecule has 4 atom stereocenters. The van der Waals surface area contributed by atoms with Gasteiger partial charge in [0.05, 0.1) is 12.7 Å². The summed E-state index contributed by atoms with van der Waals surface area (Å²) in [5.74, 6) is 0.123. The largest absolute Gasteiger partial charge is 0.493 e. The number of aliphatic hydroxyl groups excluding tert-OH is 1. The topological polar surface area (TPSA) is 66.8 Å². The van der Waals surface area contributed by atoms with Crippen molar-refractivity contribution in [2.45, 2.75) is 62.8 Å². The van der Waals surface area contributed by atoms with Gasteiger partial charge in [-0.3, -0.25) is 4.79 Å². The molecule has 1 aliphatic rings. The molecule has 1 fully saturated rings. The molecule has 0 amide bonds. The Balaban J connectivity index is 1.56. The molecule has 4 nitrogen and oxygen atoms in total. The first-order valence-electron chi connectivity index (χ1n) is 11.8. The highest BCUT2D eigenvalue weighted by Crippen LogP contribution is 2.39. The van der Waals surface area contributed by atoms with Crippen LogP contribution >= 0.6 is 11.6 Å². The first kappa shape index (κ1) is 25.3. The smallest absolute Gasteiger partial charge is 0.303 e. The van der Waals surface area contributed by atoms with Crippen molar-refractivity contribution in [1.29, 1.82) is 0 Å². The zero-order valence-corrected chi connectivity index (χ0v) is 20.2. The summed E-state index contributed by atoms with van der Waals surface area (Å²) >= 11 is 6.53. The molecule has 1 unspecified atom stereocenters. The molecule has 0 radical (unpaired) electrons. The Morgan fingerprint density at radius 1 is 1.06 bits per heavy atom. The number of allylic oxidation sites excluding steroid dienone is 2. The quantitative estimate of drug-likeness (QED) is 0.233. The summed E-state index contributed by atoms with van der Waals surface area (Å²) in [5, 5.41) is 19.2. The Morgan fingerprint density at radius 3 is 2.39 bits per heavy atom. The summed E-state index contributed by atoms with van der Waals surface area (Å²) in [7, 11) is 0. The zero-order chi connectivity index (χ0) is 23.8. The maximum absolute atomic E-state index is 10.6. The van der Waals surface area contributed by atoms with Gasteiger partial charge < -0.3 is 14.9 Å². The van der Waals surface area contributed by atoms with Gasteiger partial charge in [-0.2, -0.15) is 0 Å². The molecule has 5 heteroatoms. The number of carboxylic acids is 1. The number of hydrogen-bond donors (Lipinski definition) is 2. The maximum Gasteiger partial charge on any atom is 0.303 e. The van der Waals surface area contributed by atoms with Gasteiger partial charge in [-0.25, -0.2) is 0 Å². The van der Waals surface area contributed by atoms with Gasteiger partial charge in [-0.15, -0.1) is 11.6 Å². The van der Waals surface area contributed by atoms with Gasteiger partial charge in [-0.05, 0) is 54.9 Å². The number of carboxylic acid groups (broad SMARTS) is 1. The van der Waals surface area contributed by atoms with Crippen molar-refractivity contribution < 1.29 is 19.7 Å². The third-order valence-corrected chi connectivity index (χ3v) is 7.33. The Kier molecular flexibility index (Phi) is 8.99. The second-order valence-electron chi connectivity index (χ2n) is 9.47. The van der Waals surface area contributed by atoms with E-state index in [9.17, 15) is 9.90 Å². The standard InChI is InChI=1S/C28H35ClO4/c1-28(2,20-10-6-5-7-11-20)21-14-16-22(17-15-21)33-19-24-23(25(29)18-26(24)30)12-8-3-4-9-13-27(31)32/h3,5-8,10-11,14-17,23-26,30H,4,9,12-13,18-19H2,1-2H3,(H,31,32)/b8-3-/t23-,24-,25?,26-/m1/s1. The van der Waals surface area contributed by atoms with Crippen molar-refractivity contribution in [2.24, 2.45) is 11.8 Å². The van der Waals surface area contributed by atoms with Crippen molar-refractivity contribution in [3.8, 4) is 5.75 Å². The summed E-state index contributed by atoms with van der Waals surface area (Å²) in [5.41, 5.74) is 2.38. The van der Waals surface area contributed by atoms with E-state index in [1.54, 1.807) is 0 Å². The van der Waals surface area contributed by atoms with Crippen molar-refractivity contribution in [3.05, 3.63) is 77.9 Å². The number of ether oxygens (including phenoxy) is 1. The minimum atomic E-state index is -0.767. The van der Waals surface area contributed by atoms with Crippen LogP contribution in [0.3, 0.4) is 0 Å². The van der Waals surface area contributed by atoms with Crippen LogP contribution in [0.1, 0.15) is 57.1 Å². The Labute approximate surface area is 202 Å². The van der Waals surface area contributed by atoms with Gasteiger partial charge in [0.15, 0.2) is 0 Å². The molecule has 1 saturated carbocycles. The summed E-state index contributed by atoms with van der Waals surface area (Å²) < 4.78 is 6.08. The van der Waals surface area contributed by atoms with E-state index < -0.39 is 12.1 Å². The van der Waals surface area contributed by atoms with Crippen molar-refractivity contribution in [2.75, 3.05) is 6.61 Å². The lowest BCUT2D eigenvalue weighted by Gasteiger charge is -2.26. The fraction of sp³-hybridized carbons (Fsp3) is 0.464. The minimum absolute atomic E-state index is 0.0309. The Hall–Kier alpha value is -2.30. The van der Waals surface area contributed by atoms with Crippen LogP contribution in [0.15, 0.2) is 66.7 Å². The first-order chi connectivity index (χ1) is 15.8. The summed E-state index contributed by atoms with van der Waals surface area (Å²) in [6, 6.07) is 18.7. The van der Waals surface area contributed by atoms with Crippen LogP contribution < -0.4 is 4.74 Å². The lowest BCUT2D eigenvalue weighted by Crippen LogP contribution is -2.27. The highest BCUT2D eigenvalue weighted by molar-refractivity contribution is 6.21. The van der Waals surface area contributed by atoms with Crippen LogP contribution in [0.5, 0.6) is 5.75 Å². The predicted molar refractivity (Wildman–Crippen MR) is 133 cm³/mol. The number of alkyl halides is 1. The fourth-order valence-corrected chi connectivity index (χ4v) is 5.09. The molecule has 0 bridgehead atoms. The second kappa shape index (κ2) is 11.7. The molecule has 2 N–H and O–H groups in total. The lowest BCUT2D eigenvalue weighted by atomic mass is 9.78. The normalized spacial score (nSPS) is 23.2. The van der Waals surface area contributed by atoms with Gasteiger partial charge >= 0.3 is 5.97 Å². The van der Waals surface area contributed by atoms with E-state index in [-0.39, 0.29) is 29.0 Å². The van der Waals surface area contributed by atoms with Gasteiger partial charge in [0.1, 0.15) is 5.75 Å². The fourth-order valence-electron chi connectivity index (χ4n) is 4.62. The lowest BCUT2D eigenvalue weighted by molar-refractivity contribution is -0.137. The Bertz CT molecular complexity index is 907. The molecule has 2 aromatic carbocycles. The van der Waals surface area contributed by atoms with Gasteiger partial charge in [-0.1, -0.05) is 68.5 Å². The minimum Gasteiger partial charge on any atom is -0.493 e. The van der Waals surface area contributed by atoms with E-state index in [4.69, 9.17) is 21.4 Å². The van der Waals surface area contributed by atoms with Crippen molar-refractivity contribution in [3.63, 3.8) is 0 Å². The molecule has 0 spiro atoms. The highest BCUT2D eigenvalue weighted by atomic mass is 35.5. The van der Waals surface area contributed by atoms with E-state index in [2.05, 4.69) is 56.3 Å². The van der Waals surface area contributed by atoms with E-state index in [1.807, 2.05) is 24.3 Å². The van der Waals surface area contributed by atoms with E-state index in [1.165, 1.54) is 11.1 Å². The highest BCUT2D eigenvalue weighted by Gasteiger charge is 2.41. The third-order valence-electron chi connectivity index (χ3n) is 6.83. The van der Waals surface area contributed by atoms with Gasteiger partial charge in [0.25, 0.3) is 0 Å². The summed E-state index contributed by atoms with van der Waals surface area (Å²) in [4.78, 5) is 10.6. The maximum atomic E-state index is 10.6. The zero-order valence-electron chi connectivity index (χ0n) is 19.5. The number of aliphatic hydroxyl groups is 1. The molecule has 3 rings (SSSR count). The first-order valence-corrected chi connectivity index (χ1v) is 12.2. The number of aliphatic carboxylic acids is 1. The van der Waals surface area contributed by atoms with Crippen LogP contribution in [-0.4, -0.2) is 34.3 Å². The average Bonchev–Trinajstić information content (AvgIpc) is 3.07. The van der Waals surface area contributed by atoms with Crippen LogP contribution in [0.25, 0.3) is 0 Å². The molecule has 0 aromatic heterocycles. The van der Waals surface area contributed by atoms with Crippen LogP contribution in [0.4, 0.5) is 0 Å². The molecule has 178 valence electrons. The summed E-state index contributed by atoms with van der Waals surface area (Å²) in [6.45, 7) is 4.85. The molecule has 2 aromatic rings. The SMILES string of the molecule is CC(C)(c1ccccc1)c1ccc(OC[C@H]2[C@H](O)CC(Cl)[C@@H]2C/C=C\CCCC(=O)O)cc1. The molecule has 1 aliphatic carbocycles. The van der Waals surface area contributed by atoms with Gasteiger partial charge in [0.2, 0.25) is 0 Å². The molecule has 0 aliphatic heterocycles. The Morgan fingerprint density at radius 2 is 1.73 bits per heavy atom. The number of benzene rings is 2. The summed E-state index contributed by atoms with van der Waals surface area (Å²) in [6.07, 6.45) is 6.48. The molecule has 0 heterocycles. The van der Waals surface area contributed by atoms with E-state index in [0.717, 1.165) is 18.6 Å². The van der Waals surface area contributed by atoms with E-state index >= 15 is 0 Å². The number of hydrogen-bond acceptors (Lipinski definition) is 3. The number of halogens is 1. The number of unbranched alkanes of at least 4 members (excludes halogenated alkanes) is 1. The molecular formula is C28H35ClO4. The average molecular weight is 471 g/mol. The predicted octanol–water partition coefficient (Wildman–Crippen LogP) is 6.20. The monoisotopic (exact) mass is 470 g/mol. The molecular weight excluding hydrogens is 436 g/mol. The van der Waals surface area contributed by atoms with Gasteiger partial charge in [0, 0.05) is 23.1 Å². The third kappa shape index (κ3) is 6.84. The van der Waals surface area contributed by atoms with E-state index in [0.29, 0.717) is 19.4 Å². The van der Waals surface area contributed by atoms with Crippen LogP contribution in [0, 0.1) is 11.8 Å². The second-order valence-corrected chi connectivity index (χ2v) is 10.0. The number of rotatable bonds is 11. The molecule has 0 saturated heterocycles. The van der Waals surface area contributed by atoms with Crippen molar-refractivity contribution in [1.82, 2.24) is 0 Å². The van der Waals surface area contributed by atoms with Crippen LogP contribution in [-0.2, 0) is 10.2 Å². The van der Waals surface area contributed by atoms with Crippen molar-refractivity contribution >= 4 is 17.6 Å². The van der Waals surface area contributed by atoms with Crippen LogP contribution in [0.2, 0.25) is 0 Å². The molecule has 33 heavy (non-hydrogen) atoms. The number of carbonyl (C=O) groups is 1.